The van der Waals surface area contributed by atoms with Gasteiger partial charge in [-0.05, 0) is 6.07 Å². The summed E-state index contributed by atoms with van der Waals surface area (Å²) in [5.74, 6) is -1.69. The first-order valence-electron chi connectivity index (χ1n) is 5.50. The molecule has 0 radical (unpaired) electrons. The van der Waals surface area contributed by atoms with E-state index in [0.717, 1.165) is 9.58 Å². The number of carboxylic acids is 1. The van der Waals surface area contributed by atoms with Gasteiger partial charge < -0.3 is 14.7 Å². The van der Waals surface area contributed by atoms with E-state index in [1.54, 1.807) is 0 Å². The standard InChI is InChI=1S/C11H15N3O5/c1-13-9(15)4-3-8(12-13)11(18)14(5-6-19-2)7-10(16)17/h3-4H,5-7H2,1-2H3,(H,16,17). The summed E-state index contributed by atoms with van der Waals surface area (Å²) in [6, 6.07) is 2.47. The lowest BCUT2D eigenvalue weighted by molar-refractivity contribution is -0.137. The molecule has 0 aliphatic heterocycles. The van der Waals surface area contributed by atoms with Crippen molar-refractivity contribution in [2.75, 3.05) is 26.8 Å². The molecule has 0 atom stereocenters. The van der Waals surface area contributed by atoms with Crippen LogP contribution in [0.25, 0.3) is 0 Å². The summed E-state index contributed by atoms with van der Waals surface area (Å²) >= 11 is 0. The first-order valence-corrected chi connectivity index (χ1v) is 5.50. The third kappa shape index (κ3) is 4.18. The first kappa shape index (κ1) is 14.8. The van der Waals surface area contributed by atoms with Crippen molar-refractivity contribution in [3.63, 3.8) is 0 Å². The number of aliphatic carboxylic acids is 1. The van der Waals surface area contributed by atoms with Crippen molar-refractivity contribution in [2.24, 2.45) is 7.05 Å². The van der Waals surface area contributed by atoms with Gasteiger partial charge in [-0.3, -0.25) is 14.4 Å². The number of aryl methyl sites for hydroxylation is 1. The number of ether oxygens (including phenoxy) is 1. The van der Waals surface area contributed by atoms with Crippen molar-refractivity contribution in [3.8, 4) is 0 Å². The van der Waals surface area contributed by atoms with Crippen LogP contribution in [0.1, 0.15) is 10.5 Å². The largest absolute Gasteiger partial charge is 0.480 e. The van der Waals surface area contributed by atoms with E-state index in [-0.39, 0.29) is 24.4 Å². The highest BCUT2D eigenvalue weighted by molar-refractivity contribution is 5.93. The van der Waals surface area contributed by atoms with Crippen LogP contribution >= 0.6 is 0 Å². The Kier molecular flexibility index (Phi) is 5.19. The molecule has 8 nitrogen and oxygen atoms in total. The Balaban J connectivity index is 2.93. The molecule has 0 spiro atoms. The third-order valence-corrected chi connectivity index (χ3v) is 2.36. The number of aromatic nitrogens is 2. The number of amides is 1. The van der Waals surface area contributed by atoms with Gasteiger partial charge in [-0.2, -0.15) is 5.10 Å². The molecule has 104 valence electrons. The van der Waals surface area contributed by atoms with E-state index in [0.29, 0.717) is 0 Å². The minimum absolute atomic E-state index is 0.0134. The molecule has 0 saturated carbocycles. The normalized spacial score (nSPS) is 10.2. The van der Waals surface area contributed by atoms with Crippen LogP contribution in [0.3, 0.4) is 0 Å². The van der Waals surface area contributed by atoms with Crippen molar-refractivity contribution in [1.82, 2.24) is 14.7 Å². The van der Waals surface area contributed by atoms with E-state index >= 15 is 0 Å². The molecule has 1 amide bonds. The summed E-state index contributed by atoms with van der Waals surface area (Å²) < 4.78 is 5.84. The summed E-state index contributed by atoms with van der Waals surface area (Å²) in [7, 11) is 2.86. The molecule has 1 aromatic rings. The third-order valence-electron chi connectivity index (χ3n) is 2.36. The Bertz CT molecular complexity index is 525. The van der Waals surface area contributed by atoms with Crippen molar-refractivity contribution >= 4 is 11.9 Å². The fourth-order valence-electron chi connectivity index (χ4n) is 1.40. The highest BCUT2D eigenvalue weighted by Gasteiger charge is 2.20. The van der Waals surface area contributed by atoms with E-state index in [1.165, 1.54) is 26.3 Å². The lowest BCUT2D eigenvalue weighted by atomic mass is 10.3. The molecule has 1 rings (SSSR count). The molecule has 0 bridgehead atoms. The fourth-order valence-corrected chi connectivity index (χ4v) is 1.40. The van der Waals surface area contributed by atoms with Crippen molar-refractivity contribution in [1.29, 1.82) is 0 Å². The molecule has 1 heterocycles. The molecule has 1 aromatic heterocycles. The van der Waals surface area contributed by atoms with E-state index < -0.39 is 18.4 Å². The predicted octanol–water partition coefficient (Wildman–Crippen LogP) is -1.05. The topological polar surface area (TPSA) is 102 Å². The number of rotatable bonds is 6. The van der Waals surface area contributed by atoms with Gasteiger partial charge in [0.1, 0.15) is 12.2 Å². The number of hydrogen-bond acceptors (Lipinski definition) is 5. The van der Waals surface area contributed by atoms with Gasteiger partial charge in [0.05, 0.1) is 6.61 Å². The number of carboxylic acid groups (broad SMARTS) is 1. The average Bonchev–Trinajstić information content (AvgIpc) is 2.36. The molecule has 0 unspecified atom stereocenters. The van der Waals surface area contributed by atoms with Crippen molar-refractivity contribution in [3.05, 3.63) is 28.2 Å². The molecular formula is C11H15N3O5. The van der Waals surface area contributed by atoms with Gasteiger partial charge in [-0.25, -0.2) is 4.68 Å². The maximum Gasteiger partial charge on any atom is 0.323 e. The molecule has 1 N–H and O–H groups in total. The molecule has 0 aliphatic rings. The van der Waals surface area contributed by atoms with Crippen LogP contribution in [-0.2, 0) is 16.6 Å². The quantitative estimate of drug-likeness (QED) is 0.707. The van der Waals surface area contributed by atoms with Crippen molar-refractivity contribution < 1.29 is 19.4 Å². The second-order valence-corrected chi connectivity index (χ2v) is 3.79. The zero-order valence-corrected chi connectivity index (χ0v) is 10.7. The maximum atomic E-state index is 12.1. The minimum atomic E-state index is -1.13. The number of nitrogens with zero attached hydrogens (tertiary/aromatic N) is 3. The van der Waals surface area contributed by atoms with Gasteiger partial charge in [0.15, 0.2) is 0 Å². The Morgan fingerprint density at radius 1 is 1.47 bits per heavy atom. The summed E-state index contributed by atoms with van der Waals surface area (Å²) in [4.78, 5) is 35.1. The summed E-state index contributed by atoms with van der Waals surface area (Å²) in [5, 5.41) is 12.6. The van der Waals surface area contributed by atoms with E-state index in [2.05, 4.69) is 5.10 Å². The average molecular weight is 269 g/mol. The van der Waals surface area contributed by atoms with Crippen LogP contribution in [0.4, 0.5) is 0 Å². The van der Waals surface area contributed by atoms with Crippen LogP contribution < -0.4 is 5.56 Å². The van der Waals surface area contributed by atoms with E-state index in [4.69, 9.17) is 9.84 Å². The van der Waals surface area contributed by atoms with E-state index in [9.17, 15) is 14.4 Å². The van der Waals surface area contributed by atoms with Gasteiger partial charge in [0.2, 0.25) is 0 Å². The predicted molar refractivity (Wildman–Crippen MR) is 64.9 cm³/mol. The van der Waals surface area contributed by atoms with Crippen molar-refractivity contribution in [2.45, 2.75) is 0 Å². The van der Waals surface area contributed by atoms with E-state index in [1.807, 2.05) is 0 Å². The molecule has 0 fully saturated rings. The molecule has 19 heavy (non-hydrogen) atoms. The van der Waals surface area contributed by atoms with Crippen LogP contribution in [0, 0.1) is 0 Å². The maximum absolute atomic E-state index is 12.1. The van der Waals surface area contributed by atoms with Crippen LogP contribution in [0.15, 0.2) is 16.9 Å². The zero-order valence-electron chi connectivity index (χ0n) is 10.7. The lowest BCUT2D eigenvalue weighted by Gasteiger charge is -2.19. The number of hydrogen-bond donors (Lipinski definition) is 1. The highest BCUT2D eigenvalue weighted by Crippen LogP contribution is 2.00. The molecule has 0 saturated heterocycles. The van der Waals surface area contributed by atoms with Gasteiger partial charge >= 0.3 is 5.97 Å². The van der Waals surface area contributed by atoms with Gasteiger partial charge in [-0.1, -0.05) is 0 Å². The lowest BCUT2D eigenvalue weighted by Crippen LogP contribution is -2.39. The van der Waals surface area contributed by atoms with Crippen LogP contribution in [-0.4, -0.2) is 58.5 Å². The highest BCUT2D eigenvalue weighted by atomic mass is 16.5. The first-order chi connectivity index (χ1) is 8.95. The number of carbonyl (C=O) groups is 2. The summed E-state index contributed by atoms with van der Waals surface area (Å²) in [6.07, 6.45) is 0. The Labute approximate surface area is 109 Å². The van der Waals surface area contributed by atoms with Gasteiger partial charge in [0.25, 0.3) is 11.5 Å². The monoisotopic (exact) mass is 269 g/mol. The second-order valence-electron chi connectivity index (χ2n) is 3.79. The van der Waals surface area contributed by atoms with Crippen LogP contribution in [0.2, 0.25) is 0 Å². The van der Waals surface area contributed by atoms with Crippen LogP contribution in [0.5, 0.6) is 0 Å². The smallest absolute Gasteiger partial charge is 0.323 e. The molecule has 8 heteroatoms. The Morgan fingerprint density at radius 3 is 2.68 bits per heavy atom. The molecule has 0 aliphatic carbocycles. The molecular weight excluding hydrogens is 254 g/mol. The summed E-state index contributed by atoms with van der Waals surface area (Å²) in [5.41, 5.74) is -0.335. The summed E-state index contributed by atoms with van der Waals surface area (Å²) in [6.45, 7) is -0.107. The fraction of sp³-hybridized carbons (Fsp3) is 0.455. The minimum Gasteiger partial charge on any atom is -0.480 e. The Hall–Kier alpha value is -2.22. The number of carbonyl (C=O) groups excluding carboxylic acids is 1. The Morgan fingerprint density at radius 2 is 2.16 bits per heavy atom. The van der Waals surface area contributed by atoms with Gasteiger partial charge in [0, 0.05) is 26.8 Å². The number of methoxy groups -OCH3 is 1. The molecule has 0 aromatic carbocycles. The SMILES string of the molecule is COCCN(CC(=O)O)C(=O)c1ccc(=O)n(C)n1. The van der Waals surface area contributed by atoms with Gasteiger partial charge in [-0.15, -0.1) is 0 Å². The zero-order chi connectivity index (χ0) is 14.4. The second kappa shape index (κ2) is 6.64.